The molecule has 0 radical (unpaired) electrons. The lowest BCUT2D eigenvalue weighted by Crippen LogP contribution is -2.61. The molecule has 0 aliphatic rings. The first-order valence-corrected chi connectivity index (χ1v) is 23.2. The second-order valence-corrected chi connectivity index (χ2v) is 17.8. The summed E-state index contributed by atoms with van der Waals surface area (Å²) >= 11 is 0. The highest BCUT2D eigenvalue weighted by molar-refractivity contribution is 5.98. The molecule has 10 amide bonds. The van der Waals surface area contributed by atoms with Crippen molar-refractivity contribution in [3.8, 4) is 5.75 Å². The Balaban J connectivity index is 3.38. The van der Waals surface area contributed by atoms with Crippen molar-refractivity contribution in [1.82, 2.24) is 47.9 Å². The van der Waals surface area contributed by atoms with E-state index in [9.17, 15) is 82.8 Å². The summed E-state index contributed by atoms with van der Waals surface area (Å²) in [5.41, 5.74) is 11.1. The summed E-state index contributed by atoms with van der Waals surface area (Å²) in [6, 6.07) is -8.40. The highest BCUT2D eigenvalue weighted by atomic mass is 16.4. The smallest absolute Gasteiger partial charge is 0.305 e. The van der Waals surface area contributed by atoms with E-state index in [-0.39, 0.29) is 37.4 Å². The van der Waals surface area contributed by atoms with Crippen LogP contribution in [0, 0.1) is 11.8 Å². The number of phenols is 1. The number of carbonyl (C=O) groups is 13. The standard InChI is InChI=1S/C45H69N11O18/c1-21(2)14-29(41(70)51-27(11-13-35(63)64)39(68)48-17-34(62)50-28(10-12-33(47)61)40(69)49-23(5)18-57)52-42(71)30(15-24-6-8-25(60)9-7-24)53-43(72)31(19-58)54-44(73)32(20-59)55-45(74)37(22(3)4)56-38(67)26(46)16-36(65)66/h6-9,18,21-23,26-32,37,58-60H,10-17,19-20,46H2,1-5H3,(H2,47,61)(H,48,68)(H,49,69)(H,50,62)(H,51,70)(H,52,71)(H,53,72)(H,54,73)(H,55,74)(H,56,67)(H,63,64)(H,65,66)/t23-,26-,27-,28-,29-,30-,31-,32-,37-/m0/s1. The molecule has 0 unspecified atom stereocenters. The number of phenolic OH excluding ortho intramolecular Hbond substituents is 1. The lowest BCUT2D eigenvalue weighted by atomic mass is 10.00. The largest absolute Gasteiger partial charge is 0.508 e. The minimum atomic E-state index is -1.87. The quantitative estimate of drug-likeness (QED) is 0.0286. The molecule has 29 heteroatoms. The summed E-state index contributed by atoms with van der Waals surface area (Å²) in [6.45, 7) is 4.66. The van der Waals surface area contributed by atoms with Crippen molar-refractivity contribution in [2.75, 3.05) is 19.8 Å². The number of benzene rings is 1. The van der Waals surface area contributed by atoms with Crippen LogP contribution in [0.5, 0.6) is 5.75 Å². The van der Waals surface area contributed by atoms with Crippen LogP contribution >= 0.6 is 0 Å². The molecular formula is C45H69N11O18. The van der Waals surface area contributed by atoms with Gasteiger partial charge in [0.05, 0.1) is 38.3 Å². The van der Waals surface area contributed by atoms with Gasteiger partial charge in [0.1, 0.15) is 54.3 Å². The summed E-state index contributed by atoms with van der Waals surface area (Å²) in [4.78, 5) is 165. The van der Waals surface area contributed by atoms with Crippen molar-refractivity contribution >= 4 is 77.3 Å². The van der Waals surface area contributed by atoms with Gasteiger partial charge in [-0.05, 0) is 55.7 Å². The van der Waals surface area contributed by atoms with Crippen molar-refractivity contribution < 1.29 is 87.9 Å². The van der Waals surface area contributed by atoms with Gasteiger partial charge >= 0.3 is 11.9 Å². The van der Waals surface area contributed by atoms with E-state index in [4.69, 9.17) is 16.6 Å². The Morgan fingerprint density at radius 2 is 1.04 bits per heavy atom. The Morgan fingerprint density at radius 1 is 0.568 bits per heavy atom. The number of aliphatic hydroxyl groups excluding tert-OH is 2. The van der Waals surface area contributed by atoms with Crippen LogP contribution in [-0.2, 0) is 68.7 Å². The molecule has 412 valence electrons. The first-order valence-electron chi connectivity index (χ1n) is 23.2. The monoisotopic (exact) mass is 1050 g/mol. The van der Waals surface area contributed by atoms with Crippen LogP contribution in [0.1, 0.15) is 78.7 Å². The van der Waals surface area contributed by atoms with E-state index in [1.165, 1.54) is 45.0 Å². The number of hydrogen-bond donors (Lipinski definition) is 16. The number of amides is 10. The molecular weight excluding hydrogens is 983 g/mol. The van der Waals surface area contributed by atoms with Gasteiger partial charge in [0.25, 0.3) is 0 Å². The van der Waals surface area contributed by atoms with Gasteiger partial charge in [0.15, 0.2) is 0 Å². The highest BCUT2D eigenvalue weighted by Gasteiger charge is 2.35. The van der Waals surface area contributed by atoms with Crippen LogP contribution in [0.15, 0.2) is 24.3 Å². The highest BCUT2D eigenvalue weighted by Crippen LogP contribution is 2.14. The number of aldehydes is 1. The van der Waals surface area contributed by atoms with Gasteiger partial charge in [-0.1, -0.05) is 39.8 Å². The van der Waals surface area contributed by atoms with Crippen LogP contribution in [0.3, 0.4) is 0 Å². The molecule has 0 aliphatic heterocycles. The molecule has 9 atom stereocenters. The number of nitrogens with two attached hydrogens (primary N) is 2. The maximum atomic E-state index is 14.1. The van der Waals surface area contributed by atoms with E-state index in [1.54, 1.807) is 13.8 Å². The number of nitrogens with one attached hydrogen (secondary N) is 9. The van der Waals surface area contributed by atoms with Crippen LogP contribution < -0.4 is 59.3 Å². The second kappa shape index (κ2) is 32.3. The first kappa shape index (κ1) is 64.2. The zero-order valence-electron chi connectivity index (χ0n) is 41.5. The summed E-state index contributed by atoms with van der Waals surface area (Å²) in [7, 11) is 0. The molecule has 0 aliphatic carbocycles. The molecule has 0 saturated carbocycles. The molecule has 1 rings (SSSR count). The van der Waals surface area contributed by atoms with Crippen molar-refractivity contribution in [3.05, 3.63) is 29.8 Å². The summed E-state index contributed by atoms with van der Waals surface area (Å²) < 4.78 is 0. The molecule has 1 aromatic rings. The van der Waals surface area contributed by atoms with Gasteiger partial charge < -0.3 is 89.6 Å². The molecule has 0 heterocycles. The zero-order valence-corrected chi connectivity index (χ0v) is 41.5. The van der Waals surface area contributed by atoms with Gasteiger partial charge in [-0.2, -0.15) is 0 Å². The summed E-state index contributed by atoms with van der Waals surface area (Å²) in [5.74, 6) is -14.1. The summed E-state index contributed by atoms with van der Waals surface area (Å²) in [6.07, 6.45) is -2.65. The number of primary amides is 1. The predicted octanol–water partition coefficient (Wildman–Crippen LogP) is -6.23. The average molecular weight is 1050 g/mol. The average Bonchev–Trinajstić information content (AvgIpc) is 3.32. The van der Waals surface area contributed by atoms with Crippen molar-refractivity contribution in [3.63, 3.8) is 0 Å². The number of rotatable bonds is 34. The van der Waals surface area contributed by atoms with Crippen LogP contribution in [0.4, 0.5) is 0 Å². The zero-order chi connectivity index (χ0) is 56.4. The van der Waals surface area contributed by atoms with Gasteiger partial charge in [-0.15, -0.1) is 0 Å². The Kier molecular flexibility index (Phi) is 28.0. The predicted molar refractivity (Wildman–Crippen MR) is 256 cm³/mol. The molecule has 29 nitrogen and oxygen atoms in total. The van der Waals surface area contributed by atoms with Crippen molar-refractivity contribution in [2.24, 2.45) is 23.3 Å². The fourth-order valence-corrected chi connectivity index (χ4v) is 6.58. The number of aliphatic hydroxyl groups is 2. The van der Waals surface area contributed by atoms with Gasteiger partial charge in [-0.25, -0.2) is 0 Å². The van der Waals surface area contributed by atoms with Crippen LogP contribution in [0.2, 0.25) is 0 Å². The number of carboxylic acid groups (broad SMARTS) is 2. The Bertz CT molecular complexity index is 2160. The Morgan fingerprint density at radius 3 is 1.54 bits per heavy atom. The van der Waals surface area contributed by atoms with E-state index in [0.29, 0.717) is 11.8 Å². The number of aromatic hydroxyl groups is 1. The number of hydrogen-bond acceptors (Lipinski definition) is 17. The molecule has 0 fully saturated rings. The molecule has 0 aromatic heterocycles. The van der Waals surface area contributed by atoms with Crippen LogP contribution in [-0.4, -0.2) is 177 Å². The number of carboxylic acids is 2. The number of aliphatic carboxylic acids is 2. The minimum absolute atomic E-state index is 0.120. The van der Waals surface area contributed by atoms with E-state index >= 15 is 0 Å². The molecule has 0 saturated heterocycles. The fraction of sp³-hybridized carbons (Fsp3) is 0.578. The van der Waals surface area contributed by atoms with Crippen LogP contribution in [0.25, 0.3) is 0 Å². The van der Waals surface area contributed by atoms with E-state index in [0.717, 1.165) is 0 Å². The van der Waals surface area contributed by atoms with E-state index in [1.807, 2.05) is 0 Å². The summed E-state index contributed by atoms with van der Waals surface area (Å²) in [5, 5.41) is 69.2. The fourth-order valence-electron chi connectivity index (χ4n) is 6.58. The Hall–Kier alpha value is -7.79. The molecule has 18 N–H and O–H groups in total. The third kappa shape index (κ3) is 24.1. The topological polar surface area (TPSA) is 483 Å². The third-order valence-electron chi connectivity index (χ3n) is 10.6. The normalized spacial score (nSPS) is 14.6. The van der Waals surface area contributed by atoms with E-state index in [2.05, 4.69) is 47.9 Å². The maximum absolute atomic E-state index is 14.1. The van der Waals surface area contributed by atoms with Crippen molar-refractivity contribution in [1.29, 1.82) is 0 Å². The van der Waals surface area contributed by atoms with Gasteiger partial charge in [0.2, 0.25) is 59.1 Å². The maximum Gasteiger partial charge on any atom is 0.305 e. The third-order valence-corrected chi connectivity index (χ3v) is 10.6. The second-order valence-electron chi connectivity index (χ2n) is 17.8. The minimum Gasteiger partial charge on any atom is -0.508 e. The van der Waals surface area contributed by atoms with Gasteiger partial charge in [-0.3, -0.25) is 57.5 Å². The van der Waals surface area contributed by atoms with Gasteiger partial charge in [0, 0.05) is 19.3 Å². The Labute approximate surface area is 424 Å². The molecule has 74 heavy (non-hydrogen) atoms. The first-order chi connectivity index (χ1) is 34.6. The molecule has 0 bridgehead atoms. The van der Waals surface area contributed by atoms with Crippen molar-refractivity contribution in [2.45, 2.75) is 134 Å². The lowest BCUT2D eigenvalue weighted by Gasteiger charge is -2.28. The lowest BCUT2D eigenvalue weighted by molar-refractivity contribution is -0.140. The molecule has 0 spiro atoms. The SMILES string of the molecule is CC(C)C[C@H](NC(=O)[C@H](Cc1ccc(O)cc1)NC(=O)[C@H](CO)NC(=O)[C@H](CO)NC(=O)[C@@H](NC(=O)[C@@H](N)CC(=O)O)C(C)C)C(=O)N[C@@H](CCC(=O)O)C(=O)NCC(=O)N[C@@H](CCC(N)=O)C(=O)N[C@@H](C)C=O. The van der Waals surface area contributed by atoms with E-state index < -0.39 is 170 Å². The number of carbonyl (C=O) groups excluding carboxylic acids is 11. The molecule has 1 aromatic carbocycles.